The van der Waals surface area contributed by atoms with Crippen LogP contribution in [0.4, 0.5) is 5.69 Å². The maximum absolute atomic E-state index is 9.06. The fourth-order valence-electron chi connectivity index (χ4n) is 1.59. The van der Waals surface area contributed by atoms with Crippen LogP contribution in [0.2, 0.25) is 6.82 Å². The number of nitrogens with one attached hydrogen (secondary N) is 3. The first-order valence-electron chi connectivity index (χ1n) is 5.97. The number of aryl methyl sites for hydroxylation is 2. The van der Waals surface area contributed by atoms with Crippen LogP contribution >= 0.6 is 0 Å². The molecule has 6 N–H and O–H groups in total. The standard InChI is InChI=1S/C11H20BN5O/c1-8-10(17-11(13)14)6-9(7-15-8)4-3-5-16-12(2)18/h6-7,16,18H,3-5H2,1-2H3,(H4,13,14,17). The number of nitrogens with zero attached hydrogens (tertiary/aromatic N) is 1. The van der Waals surface area contributed by atoms with E-state index in [9.17, 15) is 0 Å². The van der Waals surface area contributed by atoms with Gasteiger partial charge in [-0.25, -0.2) is 0 Å². The van der Waals surface area contributed by atoms with Gasteiger partial charge in [-0.15, -0.1) is 0 Å². The zero-order valence-corrected chi connectivity index (χ0v) is 10.8. The lowest BCUT2D eigenvalue weighted by atomic mass is 9.89. The smallest absolute Gasteiger partial charge is 0.373 e. The van der Waals surface area contributed by atoms with Crippen molar-refractivity contribution in [2.75, 3.05) is 11.9 Å². The number of hydrogen-bond donors (Lipinski definition) is 5. The summed E-state index contributed by atoms with van der Waals surface area (Å²) >= 11 is 0. The molecule has 6 nitrogen and oxygen atoms in total. The van der Waals surface area contributed by atoms with E-state index in [0.717, 1.165) is 36.3 Å². The second kappa shape index (κ2) is 6.98. The van der Waals surface area contributed by atoms with E-state index in [1.54, 1.807) is 6.82 Å². The van der Waals surface area contributed by atoms with E-state index < -0.39 is 7.05 Å². The molecule has 0 radical (unpaired) electrons. The van der Waals surface area contributed by atoms with Crippen LogP contribution in [0.3, 0.4) is 0 Å². The molecule has 98 valence electrons. The van der Waals surface area contributed by atoms with E-state index in [2.05, 4.69) is 15.5 Å². The third-order valence-corrected chi connectivity index (χ3v) is 2.49. The van der Waals surface area contributed by atoms with Crippen LogP contribution in [0.25, 0.3) is 0 Å². The molecule has 0 saturated carbocycles. The normalized spacial score (nSPS) is 10.2. The quantitative estimate of drug-likeness (QED) is 0.216. The molecule has 0 spiro atoms. The van der Waals surface area contributed by atoms with Crippen molar-refractivity contribution in [1.82, 2.24) is 10.2 Å². The highest BCUT2D eigenvalue weighted by Gasteiger charge is 2.04. The van der Waals surface area contributed by atoms with Gasteiger partial charge in [0.15, 0.2) is 5.96 Å². The molecule has 1 heterocycles. The van der Waals surface area contributed by atoms with Gasteiger partial charge in [0, 0.05) is 6.20 Å². The van der Waals surface area contributed by atoms with E-state index in [0.29, 0.717) is 0 Å². The third-order valence-electron chi connectivity index (χ3n) is 2.49. The molecule has 0 atom stereocenters. The highest BCUT2D eigenvalue weighted by molar-refractivity contribution is 6.45. The van der Waals surface area contributed by atoms with E-state index >= 15 is 0 Å². The number of guanidine groups is 1. The zero-order valence-electron chi connectivity index (χ0n) is 10.8. The Morgan fingerprint density at radius 2 is 2.33 bits per heavy atom. The van der Waals surface area contributed by atoms with E-state index in [1.807, 2.05) is 19.2 Å². The minimum absolute atomic E-state index is 0.0900. The monoisotopic (exact) mass is 249 g/mol. The second-order valence-electron chi connectivity index (χ2n) is 4.25. The number of hydrogen-bond acceptors (Lipinski definition) is 4. The highest BCUT2D eigenvalue weighted by atomic mass is 16.2. The minimum Gasteiger partial charge on any atom is -0.437 e. The molecule has 0 saturated heterocycles. The first-order valence-corrected chi connectivity index (χ1v) is 5.97. The van der Waals surface area contributed by atoms with E-state index in [4.69, 9.17) is 16.2 Å². The summed E-state index contributed by atoms with van der Waals surface area (Å²) in [5.41, 5.74) is 7.97. The molecule has 0 bridgehead atoms. The summed E-state index contributed by atoms with van der Waals surface area (Å²) in [6.45, 7) is 4.31. The summed E-state index contributed by atoms with van der Waals surface area (Å²) in [6.07, 6.45) is 3.60. The van der Waals surface area contributed by atoms with Crippen LogP contribution in [0.15, 0.2) is 12.3 Å². The van der Waals surface area contributed by atoms with Crippen LogP contribution < -0.4 is 16.3 Å². The molecule has 1 rings (SSSR count). The van der Waals surface area contributed by atoms with Crippen LogP contribution in [-0.4, -0.2) is 29.6 Å². The summed E-state index contributed by atoms with van der Waals surface area (Å²) in [4.78, 5) is 4.26. The Morgan fingerprint density at radius 1 is 1.61 bits per heavy atom. The molecule has 1 aromatic heterocycles. The topological polar surface area (TPSA) is 107 Å². The third kappa shape index (κ3) is 5.16. The molecule has 0 aliphatic carbocycles. The van der Waals surface area contributed by atoms with Gasteiger partial charge in [0.05, 0.1) is 11.4 Å². The highest BCUT2D eigenvalue weighted by Crippen LogP contribution is 2.14. The Kier molecular flexibility index (Phi) is 5.61. The van der Waals surface area contributed by atoms with Gasteiger partial charge in [0.25, 0.3) is 0 Å². The van der Waals surface area contributed by atoms with E-state index in [-0.39, 0.29) is 5.96 Å². The summed E-state index contributed by atoms with van der Waals surface area (Å²) in [5.74, 6) is -0.0900. The molecule has 0 fully saturated rings. The first kappa shape index (κ1) is 14.5. The van der Waals surface area contributed by atoms with Crippen molar-refractivity contribution in [1.29, 1.82) is 5.41 Å². The summed E-state index contributed by atoms with van der Waals surface area (Å²) < 4.78 is 0. The fraction of sp³-hybridized carbons (Fsp3) is 0.455. The van der Waals surface area contributed by atoms with Crippen molar-refractivity contribution in [3.8, 4) is 0 Å². The zero-order chi connectivity index (χ0) is 13.5. The predicted octanol–water partition coefficient (Wildman–Crippen LogP) is 0.328. The Bertz CT molecular complexity index is 410. The molecule has 0 aliphatic rings. The van der Waals surface area contributed by atoms with Gasteiger partial charge in [-0.3, -0.25) is 10.4 Å². The number of nitrogens with two attached hydrogens (primary N) is 1. The van der Waals surface area contributed by atoms with Gasteiger partial charge >= 0.3 is 7.05 Å². The summed E-state index contributed by atoms with van der Waals surface area (Å²) in [7, 11) is -0.476. The van der Waals surface area contributed by atoms with Gasteiger partial charge in [-0.2, -0.15) is 0 Å². The van der Waals surface area contributed by atoms with Gasteiger partial charge in [-0.1, -0.05) is 0 Å². The molecule has 0 aliphatic heterocycles. The van der Waals surface area contributed by atoms with Gasteiger partial charge in [0.1, 0.15) is 0 Å². The van der Waals surface area contributed by atoms with Gasteiger partial charge in [0.2, 0.25) is 0 Å². The second-order valence-corrected chi connectivity index (χ2v) is 4.25. The van der Waals surface area contributed by atoms with Crippen LogP contribution in [0, 0.1) is 12.3 Å². The Labute approximate surface area is 108 Å². The van der Waals surface area contributed by atoms with Crippen LogP contribution in [-0.2, 0) is 6.42 Å². The fourth-order valence-corrected chi connectivity index (χ4v) is 1.59. The summed E-state index contributed by atoms with van der Waals surface area (Å²) in [5, 5.41) is 22.0. The van der Waals surface area contributed by atoms with Gasteiger partial charge < -0.3 is 21.3 Å². The molecule has 0 amide bonds. The molecular formula is C11H20BN5O. The molecule has 0 unspecified atom stereocenters. The lowest BCUT2D eigenvalue weighted by Gasteiger charge is -2.09. The SMILES string of the molecule is CB(O)NCCCc1cnc(C)c(NC(=N)N)c1. The molecule has 0 aromatic carbocycles. The lowest BCUT2D eigenvalue weighted by molar-refractivity contribution is 0.551. The molecule has 1 aromatic rings. The number of aromatic nitrogens is 1. The maximum Gasteiger partial charge on any atom is 0.373 e. The molecule has 18 heavy (non-hydrogen) atoms. The van der Waals surface area contributed by atoms with Crippen molar-refractivity contribution in [3.05, 3.63) is 23.5 Å². The average Bonchev–Trinajstić information content (AvgIpc) is 2.27. The Hall–Kier alpha value is -1.60. The first-order chi connectivity index (χ1) is 8.49. The number of rotatable bonds is 6. The maximum atomic E-state index is 9.06. The van der Waals surface area contributed by atoms with Gasteiger partial charge in [-0.05, 0) is 44.8 Å². The van der Waals surface area contributed by atoms with Crippen molar-refractivity contribution in [2.24, 2.45) is 5.73 Å². The Morgan fingerprint density at radius 3 is 2.94 bits per heavy atom. The predicted molar refractivity (Wildman–Crippen MR) is 74.7 cm³/mol. The largest absolute Gasteiger partial charge is 0.437 e. The van der Waals surface area contributed by atoms with Crippen molar-refractivity contribution < 1.29 is 5.02 Å². The van der Waals surface area contributed by atoms with Crippen molar-refractivity contribution >= 4 is 18.7 Å². The van der Waals surface area contributed by atoms with Crippen molar-refractivity contribution in [2.45, 2.75) is 26.6 Å². The van der Waals surface area contributed by atoms with Crippen LogP contribution in [0.1, 0.15) is 17.7 Å². The Balaban J connectivity index is 2.53. The summed E-state index contributed by atoms with van der Waals surface area (Å²) in [6, 6.07) is 1.95. The number of pyridine rings is 1. The van der Waals surface area contributed by atoms with Crippen LogP contribution in [0.5, 0.6) is 0 Å². The molecular weight excluding hydrogens is 229 g/mol. The molecule has 7 heteroatoms. The lowest BCUT2D eigenvalue weighted by Crippen LogP contribution is -2.31. The number of anilines is 1. The minimum atomic E-state index is -0.476. The van der Waals surface area contributed by atoms with Crippen molar-refractivity contribution in [3.63, 3.8) is 0 Å². The average molecular weight is 249 g/mol. The van der Waals surface area contributed by atoms with E-state index in [1.165, 1.54) is 0 Å².